The second kappa shape index (κ2) is 4.84. The van der Waals surface area contributed by atoms with E-state index in [0.717, 1.165) is 10.2 Å². The molecule has 0 aromatic carbocycles. The minimum absolute atomic E-state index is 0.476. The molecule has 0 saturated carbocycles. The molecule has 0 saturated heterocycles. The van der Waals surface area contributed by atoms with Crippen molar-refractivity contribution in [2.24, 2.45) is 0 Å². The van der Waals surface area contributed by atoms with Crippen LogP contribution in [0.15, 0.2) is 15.9 Å². The molecule has 3 nitrogen and oxygen atoms in total. The average Bonchev–Trinajstić information content (AvgIpc) is 2.37. The predicted molar refractivity (Wildman–Crippen MR) is 46.6 cm³/mol. The van der Waals surface area contributed by atoms with Crippen LogP contribution in [0.5, 0.6) is 0 Å². The van der Waals surface area contributed by atoms with E-state index < -0.39 is 0 Å². The van der Waals surface area contributed by atoms with E-state index in [-0.39, 0.29) is 0 Å². The first-order valence-electron chi connectivity index (χ1n) is 3.08. The molecule has 0 aliphatic carbocycles. The Morgan fingerprint density at radius 2 is 2.45 bits per heavy atom. The van der Waals surface area contributed by atoms with Crippen LogP contribution in [0.3, 0.4) is 0 Å². The highest BCUT2D eigenvalue weighted by Gasteiger charge is 1.96. The maximum atomic E-state index is 8.07. The molecule has 0 bridgehead atoms. The number of rotatable bonds is 4. The van der Waals surface area contributed by atoms with Crippen molar-refractivity contribution in [3.05, 3.63) is 20.8 Å². The van der Waals surface area contributed by atoms with Crippen LogP contribution in [0.2, 0.25) is 0 Å². The summed E-state index contributed by atoms with van der Waals surface area (Å²) in [5.41, 5.74) is 1.64. The minimum atomic E-state index is 0.476. The van der Waals surface area contributed by atoms with Gasteiger partial charge in [0.1, 0.15) is 0 Å². The van der Waals surface area contributed by atoms with Gasteiger partial charge in [0, 0.05) is 11.3 Å². The van der Waals surface area contributed by atoms with Crippen molar-refractivity contribution in [2.45, 2.75) is 6.42 Å². The third-order valence-corrected chi connectivity index (χ3v) is 2.83. The number of halogens is 1. The van der Waals surface area contributed by atoms with Crippen molar-refractivity contribution in [3.63, 3.8) is 0 Å². The van der Waals surface area contributed by atoms with Crippen LogP contribution >= 0.6 is 27.3 Å². The molecule has 0 aliphatic heterocycles. The lowest BCUT2D eigenvalue weighted by Crippen LogP contribution is -2.10. The molecule has 0 fully saturated rings. The Hall–Kier alpha value is 0.0600. The quantitative estimate of drug-likeness (QED) is 0.622. The Kier molecular flexibility index (Phi) is 4.03. The van der Waals surface area contributed by atoms with Crippen LogP contribution in [-0.2, 0) is 11.3 Å². The molecule has 5 heteroatoms. The summed E-state index contributed by atoms with van der Waals surface area (Å²) in [5, 5.41) is 8.07. The van der Waals surface area contributed by atoms with Gasteiger partial charge in [0.15, 0.2) is 0 Å². The zero-order valence-electron chi connectivity index (χ0n) is 5.71. The second-order valence-electron chi connectivity index (χ2n) is 1.90. The highest BCUT2D eigenvalue weighted by Crippen LogP contribution is 2.22. The van der Waals surface area contributed by atoms with Crippen molar-refractivity contribution in [1.82, 2.24) is 5.64 Å². The molecule has 1 aromatic rings. The van der Waals surface area contributed by atoms with E-state index in [1.165, 1.54) is 4.88 Å². The smallest absolute Gasteiger partial charge is 0.0757 e. The lowest BCUT2D eigenvalue weighted by molar-refractivity contribution is -0.125. The third-order valence-electron chi connectivity index (χ3n) is 1.14. The van der Waals surface area contributed by atoms with Gasteiger partial charge < -0.3 is 0 Å². The molecule has 11 heavy (non-hydrogen) atoms. The maximum absolute atomic E-state index is 8.07. The molecular formula is C6H8BrNO2S. The van der Waals surface area contributed by atoms with Gasteiger partial charge in [-0.1, -0.05) is 5.64 Å². The molecule has 0 unspecified atom stereocenters. The van der Waals surface area contributed by atoms with Gasteiger partial charge in [-0.05, 0) is 28.1 Å². The number of nitrogens with one attached hydrogen (secondary N) is 1. The SMILES string of the molecule is ONOCCc1ccc(Br)s1. The van der Waals surface area contributed by atoms with Gasteiger partial charge in [0.2, 0.25) is 0 Å². The highest BCUT2D eigenvalue weighted by molar-refractivity contribution is 9.11. The van der Waals surface area contributed by atoms with Crippen LogP contribution in [-0.4, -0.2) is 11.8 Å². The van der Waals surface area contributed by atoms with Crippen molar-refractivity contribution in [1.29, 1.82) is 0 Å². The summed E-state index contributed by atoms with van der Waals surface area (Å²) in [6, 6.07) is 4.02. The average molecular weight is 238 g/mol. The zero-order chi connectivity index (χ0) is 8.10. The largest absolute Gasteiger partial charge is 0.292 e. The lowest BCUT2D eigenvalue weighted by atomic mass is 10.4. The maximum Gasteiger partial charge on any atom is 0.0757 e. The van der Waals surface area contributed by atoms with Crippen LogP contribution in [0.4, 0.5) is 0 Å². The fourth-order valence-corrected chi connectivity index (χ4v) is 2.15. The van der Waals surface area contributed by atoms with Gasteiger partial charge in [0.05, 0.1) is 10.4 Å². The van der Waals surface area contributed by atoms with Gasteiger partial charge in [-0.15, -0.1) is 11.3 Å². The molecule has 0 radical (unpaired) electrons. The van der Waals surface area contributed by atoms with Crippen LogP contribution in [0.1, 0.15) is 4.88 Å². The molecule has 0 aliphatic rings. The number of thiophene rings is 1. The van der Waals surface area contributed by atoms with Gasteiger partial charge in [0.25, 0.3) is 0 Å². The Morgan fingerprint density at radius 1 is 1.64 bits per heavy atom. The molecule has 0 atom stereocenters. The van der Waals surface area contributed by atoms with Crippen molar-refractivity contribution >= 4 is 27.3 Å². The third kappa shape index (κ3) is 3.31. The van der Waals surface area contributed by atoms with Crippen LogP contribution in [0, 0.1) is 0 Å². The van der Waals surface area contributed by atoms with Crippen molar-refractivity contribution in [3.8, 4) is 0 Å². The molecule has 0 spiro atoms. The molecular weight excluding hydrogens is 230 g/mol. The van der Waals surface area contributed by atoms with E-state index in [2.05, 4.69) is 20.8 Å². The summed E-state index contributed by atoms with van der Waals surface area (Å²) in [6.45, 7) is 0.476. The van der Waals surface area contributed by atoms with E-state index in [1.807, 2.05) is 12.1 Å². The lowest BCUT2D eigenvalue weighted by Gasteiger charge is -1.96. The second-order valence-corrected chi connectivity index (χ2v) is 4.44. The molecule has 1 aromatic heterocycles. The van der Waals surface area contributed by atoms with Crippen molar-refractivity contribution in [2.75, 3.05) is 6.61 Å². The van der Waals surface area contributed by atoms with Gasteiger partial charge in [-0.2, -0.15) is 0 Å². The zero-order valence-corrected chi connectivity index (χ0v) is 8.11. The van der Waals surface area contributed by atoms with Gasteiger partial charge >= 0.3 is 0 Å². The fraction of sp³-hybridized carbons (Fsp3) is 0.333. The monoisotopic (exact) mass is 237 g/mol. The standard InChI is InChI=1S/C6H8BrNO2S/c7-6-2-1-5(11-6)3-4-10-8-9/h1-2,8-9H,3-4H2. The Morgan fingerprint density at radius 3 is 3.00 bits per heavy atom. The molecule has 1 rings (SSSR count). The normalized spacial score (nSPS) is 10.4. The first-order chi connectivity index (χ1) is 5.33. The van der Waals surface area contributed by atoms with Crippen molar-refractivity contribution < 1.29 is 10.0 Å². The summed E-state index contributed by atoms with van der Waals surface area (Å²) in [7, 11) is 0. The predicted octanol–water partition coefficient (Wildman–Crippen LogP) is 1.96. The van der Waals surface area contributed by atoms with Gasteiger partial charge in [-0.3, -0.25) is 10.0 Å². The van der Waals surface area contributed by atoms with Gasteiger partial charge in [-0.25, -0.2) is 0 Å². The number of hydrogen-bond acceptors (Lipinski definition) is 4. The first kappa shape index (κ1) is 9.15. The molecule has 1 heterocycles. The fourth-order valence-electron chi connectivity index (χ4n) is 0.683. The van der Waals surface area contributed by atoms with E-state index in [1.54, 1.807) is 17.0 Å². The minimum Gasteiger partial charge on any atom is -0.292 e. The summed E-state index contributed by atoms with van der Waals surface area (Å²) in [4.78, 5) is 5.77. The van der Waals surface area contributed by atoms with E-state index in [0.29, 0.717) is 6.61 Å². The molecule has 2 N–H and O–H groups in total. The molecule has 62 valence electrons. The Labute approximate surface area is 77.0 Å². The topological polar surface area (TPSA) is 41.5 Å². The van der Waals surface area contributed by atoms with Crippen LogP contribution in [0.25, 0.3) is 0 Å². The molecule has 0 amide bonds. The van der Waals surface area contributed by atoms with E-state index in [4.69, 9.17) is 5.21 Å². The van der Waals surface area contributed by atoms with E-state index in [9.17, 15) is 0 Å². The highest BCUT2D eigenvalue weighted by atomic mass is 79.9. The van der Waals surface area contributed by atoms with E-state index >= 15 is 0 Å². The summed E-state index contributed by atoms with van der Waals surface area (Å²) in [5.74, 6) is 0. The first-order valence-corrected chi connectivity index (χ1v) is 4.69. The summed E-state index contributed by atoms with van der Waals surface area (Å²) in [6.07, 6.45) is 0.809. The Balaban J connectivity index is 2.27. The summed E-state index contributed by atoms with van der Waals surface area (Å²) < 4.78 is 1.12. The Bertz CT molecular complexity index is 216. The summed E-state index contributed by atoms with van der Waals surface area (Å²) >= 11 is 5.02. The number of hydrogen-bond donors (Lipinski definition) is 2. The van der Waals surface area contributed by atoms with Crippen LogP contribution < -0.4 is 5.64 Å².